The van der Waals surface area contributed by atoms with Crippen LogP contribution in [0, 0.1) is 27.7 Å². The molecular weight excluding hydrogens is 496 g/mol. The van der Waals surface area contributed by atoms with E-state index in [2.05, 4.69) is 53.4 Å². The fourth-order valence-corrected chi connectivity index (χ4v) is 5.75. The molecule has 0 N–H and O–H groups in total. The summed E-state index contributed by atoms with van der Waals surface area (Å²) in [6.45, 7) is 20.9. The molecule has 2 heteroatoms. The number of hydrogen-bond donors (Lipinski definition) is 0. The first-order valence-corrected chi connectivity index (χ1v) is 16.7. The van der Waals surface area contributed by atoms with Gasteiger partial charge in [-0.2, -0.15) is 102 Å². The second-order valence-electron chi connectivity index (χ2n) is 10.7. The zero-order chi connectivity index (χ0) is 26.4. The molecular formula is C35H44SiTi. The van der Waals surface area contributed by atoms with Crippen LogP contribution >= 0.6 is 0 Å². The third kappa shape index (κ3) is 13.6. The molecule has 0 heterocycles. The van der Waals surface area contributed by atoms with E-state index in [1.807, 2.05) is 91.0 Å². The van der Waals surface area contributed by atoms with Crippen molar-refractivity contribution in [1.82, 2.24) is 0 Å². The van der Waals surface area contributed by atoms with Crippen molar-refractivity contribution in [2.75, 3.05) is 0 Å². The molecule has 0 unspecified atom stereocenters. The van der Waals surface area contributed by atoms with E-state index in [0.717, 1.165) is 16.7 Å². The van der Waals surface area contributed by atoms with Crippen LogP contribution in [0.2, 0.25) is 19.6 Å². The van der Waals surface area contributed by atoms with Crippen molar-refractivity contribution in [3.05, 3.63) is 157 Å². The molecule has 0 saturated carbocycles. The Morgan fingerprint density at radius 1 is 0.649 bits per heavy atom. The van der Waals surface area contributed by atoms with E-state index in [4.69, 9.17) is 0 Å². The van der Waals surface area contributed by atoms with Gasteiger partial charge in [-0.1, -0.05) is 76.5 Å². The van der Waals surface area contributed by atoms with Gasteiger partial charge in [0.25, 0.3) is 0 Å². The van der Waals surface area contributed by atoms with Crippen molar-refractivity contribution in [2.24, 2.45) is 0 Å². The predicted molar refractivity (Wildman–Crippen MR) is 163 cm³/mol. The smallest absolute Gasteiger partial charge is 0.199 e. The number of hydrogen-bond acceptors (Lipinski definition) is 0. The van der Waals surface area contributed by atoms with Gasteiger partial charge in [0.2, 0.25) is 0 Å². The first-order chi connectivity index (χ1) is 17.2. The molecule has 0 nitrogen and oxygen atoms in total. The van der Waals surface area contributed by atoms with Crippen LogP contribution in [0.4, 0.5) is 0 Å². The van der Waals surface area contributed by atoms with E-state index in [9.17, 15) is 0 Å². The Morgan fingerprint density at radius 2 is 1.03 bits per heavy atom. The number of benzene rings is 3. The Balaban J connectivity index is 0.000000264. The molecule has 4 aromatic carbocycles. The van der Waals surface area contributed by atoms with E-state index < -0.39 is 8.07 Å². The fraction of sp³-hybridized carbons (Fsp3) is 0.257. The van der Waals surface area contributed by atoms with E-state index in [1.54, 1.807) is 22.3 Å². The van der Waals surface area contributed by atoms with Gasteiger partial charge < -0.3 is 0 Å². The maximum Gasteiger partial charge on any atom is 4.00 e. The maximum atomic E-state index is 3.72. The zero-order valence-corrected chi connectivity index (χ0v) is 26.0. The fourth-order valence-electron chi connectivity index (χ4n) is 4.29. The second-order valence-corrected chi connectivity index (χ2v) is 16.2. The first kappa shape index (κ1) is 32.6. The van der Waals surface area contributed by atoms with Gasteiger partial charge in [-0.05, 0) is 0 Å². The van der Waals surface area contributed by atoms with Gasteiger partial charge in [-0.15, -0.1) is 36.4 Å². The summed E-state index contributed by atoms with van der Waals surface area (Å²) in [7, 11) is -0.944. The van der Waals surface area contributed by atoms with Crippen molar-refractivity contribution >= 4 is 8.07 Å². The molecule has 0 atom stereocenters. The topological polar surface area (TPSA) is 0 Å². The van der Waals surface area contributed by atoms with Crippen LogP contribution in [0.5, 0.6) is 0 Å². The van der Waals surface area contributed by atoms with E-state index in [-0.39, 0.29) is 21.7 Å². The summed E-state index contributed by atoms with van der Waals surface area (Å²) in [6.07, 6.45) is 5.51. The minimum absolute atomic E-state index is 0. The maximum absolute atomic E-state index is 3.72. The van der Waals surface area contributed by atoms with E-state index in [0.29, 0.717) is 0 Å². The molecule has 0 saturated heterocycles. The third-order valence-corrected chi connectivity index (χ3v) is 7.41. The first-order valence-electron chi connectivity index (χ1n) is 13.0. The van der Waals surface area contributed by atoms with Crippen LogP contribution in [-0.2, 0) is 40.6 Å². The Labute approximate surface area is 243 Å². The van der Waals surface area contributed by atoms with Gasteiger partial charge in [0.15, 0.2) is 0 Å². The number of rotatable bonds is 2. The monoisotopic (exact) mass is 540 g/mol. The van der Waals surface area contributed by atoms with Crippen LogP contribution in [0.25, 0.3) is 0 Å². The van der Waals surface area contributed by atoms with Gasteiger partial charge in [0, 0.05) is 8.07 Å². The van der Waals surface area contributed by atoms with Crippen molar-refractivity contribution in [1.29, 1.82) is 0 Å². The SMILES string of the molecule is Cc1c[c-](C[Si](C)(C)C)c2c1CCCC2.[CH2-]c1ccccc1.[CH2-]c1ccccc1.[CH2-]c1ccccc1.[Ti+4]. The van der Waals surface area contributed by atoms with Gasteiger partial charge >= 0.3 is 21.7 Å². The van der Waals surface area contributed by atoms with Gasteiger partial charge in [0.05, 0.1) is 0 Å². The Kier molecular flexibility index (Phi) is 15.1. The second kappa shape index (κ2) is 17.1. The molecule has 37 heavy (non-hydrogen) atoms. The summed E-state index contributed by atoms with van der Waals surface area (Å²) in [5.74, 6) is 0. The average Bonchev–Trinajstić information content (AvgIpc) is 3.16. The molecule has 0 fully saturated rings. The molecule has 0 amide bonds. The number of aryl methyl sites for hydroxylation is 1. The minimum Gasteiger partial charge on any atom is -0.199 e. The zero-order valence-electron chi connectivity index (χ0n) is 23.4. The van der Waals surface area contributed by atoms with Crippen molar-refractivity contribution in [3.8, 4) is 0 Å². The molecule has 1 aliphatic rings. The predicted octanol–water partition coefficient (Wildman–Crippen LogP) is 9.62. The van der Waals surface area contributed by atoms with Crippen LogP contribution < -0.4 is 0 Å². The number of fused-ring (bicyclic) bond motifs is 1. The quantitative estimate of drug-likeness (QED) is 0.175. The molecule has 1 aliphatic carbocycles. The molecule has 192 valence electrons. The molecule has 0 aromatic heterocycles. The molecule has 5 rings (SSSR count). The summed E-state index contributed by atoms with van der Waals surface area (Å²) in [5.41, 5.74) is 9.92. The minimum atomic E-state index is -0.944. The Morgan fingerprint density at radius 3 is 1.35 bits per heavy atom. The van der Waals surface area contributed by atoms with E-state index >= 15 is 0 Å². The van der Waals surface area contributed by atoms with Gasteiger partial charge in [-0.25, -0.2) is 0 Å². The Hall–Kier alpha value is -2.45. The van der Waals surface area contributed by atoms with Crippen molar-refractivity contribution in [2.45, 2.75) is 58.3 Å². The molecule has 0 aliphatic heterocycles. The van der Waals surface area contributed by atoms with Gasteiger partial charge in [0.1, 0.15) is 0 Å². The molecule has 0 radical (unpaired) electrons. The average molecular weight is 541 g/mol. The third-order valence-electron chi connectivity index (χ3n) is 5.97. The van der Waals surface area contributed by atoms with Crippen LogP contribution in [0.1, 0.15) is 51.8 Å². The van der Waals surface area contributed by atoms with Crippen LogP contribution in [0.15, 0.2) is 97.1 Å². The van der Waals surface area contributed by atoms with Crippen molar-refractivity contribution < 1.29 is 21.7 Å². The normalized spacial score (nSPS) is 11.6. The van der Waals surface area contributed by atoms with Gasteiger partial charge in [-0.3, -0.25) is 0 Å². The molecule has 0 spiro atoms. The molecule has 4 aromatic rings. The summed E-state index contributed by atoms with van der Waals surface area (Å²) in [6, 6.07) is 33.5. The van der Waals surface area contributed by atoms with Crippen molar-refractivity contribution in [3.63, 3.8) is 0 Å². The van der Waals surface area contributed by atoms with Crippen LogP contribution in [-0.4, -0.2) is 8.07 Å². The summed E-state index contributed by atoms with van der Waals surface area (Å²) < 4.78 is 0. The summed E-state index contributed by atoms with van der Waals surface area (Å²) in [5, 5.41) is 0. The molecule has 0 bridgehead atoms. The largest absolute Gasteiger partial charge is 4.00 e. The Bertz CT molecular complexity index is 1020. The summed E-state index contributed by atoms with van der Waals surface area (Å²) in [4.78, 5) is 0. The van der Waals surface area contributed by atoms with E-state index in [1.165, 1.54) is 31.7 Å². The van der Waals surface area contributed by atoms with Crippen LogP contribution in [0.3, 0.4) is 0 Å². The standard InChI is InChI=1S/C14H23Si.3C7H7.Ti/c1-11-9-12(10-15(2,3)4)14-8-6-5-7-13(11)14;3*1-7-5-3-2-4-6-7;/h9H,5-8,10H2,1-4H3;3*2-6H,1H2;/q4*-1;+4. The summed E-state index contributed by atoms with van der Waals surface area (Å²) >= 11 is 0.